The van der Waals surface area contributed by atoms with E-state index in [-0.39, 0.29) is 22.9 Å². The Morgan fingerprint density at radius 1 is 1.26 bits per heavy atom. The maximum atomic E-state index is 11.9. The van der Waals surface area contributed by atoms with E-state index in [2.05, 4.69) is 20.8 Å². The summed E-state index contributed by atoms with van der Waals surface area (Å²) in [5.41, 5.74) is 2.14. The van der Waals surface area contributed by atoms with Gasteiger partial charge in [0.1, 0.15) is 6.10 Å². The van der Waals surface area contributed by atoms with Gasteiger partial charge >= 0.3 is 5.97 Å². The lowest BCUT2D eigenvalue weighted by molar-refractivity contribution is -0.154. The van der Waals surface area contributed by atoms with E-state index in [1.807, 2.05) is 6.07 Å². The number of hydrogen-bond donors (Lipinski definition) is 0. The average molecular weight is 260 g/mol. The lowest BCUT2D eigenvalue weighted by atomic mass is 9.57. The second-order valence-corrected chi connectivity index (χ2v) is 6.59. The van der Waals surface area contributed by atoms with Crippen LogP contribution in [-0.2, 0) is 9.53 Å². The van der Waals surface area contributed by atoms with Gasteiger partial charge in [-0.1, -0.05) is 27.2 Å². The maximum Gasteiger partial charge on any atom is 0.331 e. The van der Waals surface area contributed by atoms with Crippen LogP contribution in [0.4, 0.5) is 0 Å². The molecule has 2 heterocycles. The van der Waals surface area contributed by atoms with E-state index in [1.54, 1.807) is 18.6 Å². The molecule has 2 atom stereocenters. The SMILES string of the molecule is CC1(C)CCC[C@]2(C)C1=CC(=O)O[C@H]2c1ccoc1. The Morgan fingerprint density at radius 2 is 2.05 bits per heavy atom. The summed E-state index contributed by atoms with van der Waals surface area (Å²) in [6, 6.07) is 1.90. The zero-order valence-corrected chi connectivity index (χ0v) is 11.7. The number of hydrogen-bond acceptors (Lipinski definition) is 3. The summed E-state index contributed by atoms with van der Waals surface area (Å²) in [5.74, 6) is -0.228. The largest absolute Gasteiger partial charge is 0.472 e. The highest BCUT2D eigenvalue weighted by Crippen LogP contribution is 2.58. The van der Waals surface area contributed by atoms with E-state index >= 15 is 0 Å². The molecule has 1 aromatic heterocycles. The lowest BCUT2D eigenvalue weighted by Gasteiger charge is -2.50. The van der Waals surface area contributed by atoms with Crippen molar-refractivity contribution in [2.24, 2.45) is 10.8 Å². The molecule has 3 heteroatoms. The number of carbonyl (C=O) groups is 1. The van der Waals surface area contributed by atoms with E-state index in [1.165, 1.54) is 5.57 Å². The van der Waals surface area contributed by atoms with Crippen molar-refractivity contribution < 1.29 is 13.9 Å². The van der Waals surface area contributed by atoms with E-state index in [4.69, 9.17) is 9.15 Å². The molecule has 0 spiro atoms. The van der Waals surface area contributed by atoms with E-state index in [9.17, 15) is 4.79 Å². The van der Waals surface area contributed by atoms with Gasteiger partial charge in [0.2, 0.25) is 0 Å². The molecule has 0 N–H and O–H groups in total. The minimum Gasteiger partial charge on any atom is -0.472 e. The summed E-state index contributed by atoms with van der Waals surface area (Å²) in [5, 5.41) is 0. The number of fused-ring (bicyclic) bond motifs is 1. The van der Waals surface area contributed by atoms with Crippen molar-refractivity contribution >= 4 is 5.97 Å². The highest BCUT2D eigenvalue weighted by Gasteiger charge is 2.51. The maximum absolute atomic E-state index is 11.9. The molecule has 0 radical (unpaired) electrons. The van der Waals surface area contributed by atoms with Crippen LogP contribution >= 0.6 is 0 Å². The van der Waals surface area contributed by atoms with Gasteiger partial charge in [0.05, 0.1) is 12.5 Å². The van der Waals surface area contributed by atoms with E-state index < -0.39 is 0 Å². The molecule has 3 rings (SSSR count). The molecule has 102 valence electrons. The van der Waals surface area contributed by atoms with Crippen LogP contribution in [0.1, 0.15) is 51.7 Å². The standard InChI is InChI=1S/C16H20O3/c1-15(2)6-4-7-16(3)12(15)9-13(17)19-14(16)11-5-8-18-10-11/h5,8-10,14H,4,6-7H2,1-3H3/t14-,16+/m0/s1. The Balaban J connectivity index is 2.10. The van der Waals surface area contributed by atoms with Crippen LogP contribution in [0.5, 0.6) is 0 Å². The Kier molecular flexibility index (Phi) is 2.63. The van der Waals surface area contributed by atoms with Crippen molar-refractivity contribution in [2.75, 3.05) is 0 Å². The molecule has 0 bridgehead atoms. The Hall–Kier alpha value is -1.51. The lowest BCUT2D eigenvalue weighted by Crippen LogP contribution is -2.43. The Morgan fingerprint density at radius 3 is 2.74 bits per heavy atom. The van der Waals surface area contributed by atoms with Gasteiger partial charge in [0, 0.05) is 17.1 Å². The number of furan rings is 1. The quantitative estimate of drug-likeness (QED) is 0.716. The van der Waals surface area contributed by atoms with Gasteiger partial charge in [-0.2, -0.15) is 0 Å². The molecular formula is C16H20O3. The van der Waals surface area contributed by atoms with Gasteiger partial charge in [0.15, 0.2) is 0 Å². The monoisotopic (exact) mass is 260 g/mol. The summed E-state index contributed by atoms with van der Waals surface area (Å²) < 4.78 is 10.8. The molecule has 1 aliphatic carbocycles. The van der Waals surface area contributed by atoms with Gasteiger partial charge in [-0.05, 0) is 29.9 Å². The summed E-state index contributed by atoms with van der Waals surface area (Å²) >= 11 is 0. The predicted molar refractivity (Wildman–Crippen MR) is 71.4 cm³/mol. The van der Waals surface area contributed by atoms with E-state index in [0.29, 0.717) is 0 Å². The molecule has 0 aromatic carbocycles. The fourth-order valence-corrected chi connectivity index (χ4v) is 3.83. The fraction of sp³-hybridized carbons (Fsp3) is 0.562. The first-order chi connectivity index (χ1) is 8.93. The van der Waals surface area contributed by atoms with Gasteiger partial charge < -0.3 is 9.15 Å². The van der Waals surface area contributed by atoms with Crippen LogP contribution in [0.25, 0.3) is 0 Å². The number of esters is 1. The summed E-state index contributed by atoms with van der Waals surface area (Å²) in [4.78, 5) is 11.9. The molecular weight excluding hydrogens is 240 g/mol. The molecule has 1 fully saturated rings. The Bertz CT molecular complexity index is 524. The van der Waals surface area contributed by atoms with Crippen LogP contribution in [0.2, 0.25) is 0 Å². The van der Waals surface area contributed by atoms with Crippen molar-refractivity contribution in [2.45, 2.75) is 46.1 Å². The second-order valence-electron chi connectivity index (χ2n) is 6.59. The first-order valence-corrected chi connectivity index (χ1v) is 6.89. The fourth-order valence-electron chi connectivity index (χ4n) is 3.83. The van der Waals surface area contributed by atoms with Crippen LogP contribution < -0.4 is 0 Å². The smallest absolute Gasteiger partial charge is 0.331 e. The van der Waals surface area contributed by atoms with Crippen molar-refractivity contribution in [1.29, 1.82) is 0 Å². The van der Waals surface area contributed by atoms with Crippen LogP contribution in [-0.4, -0.2) is 5.97 Å². The summed E-state index contributed by atoms with van der Waals surface area (Å²) in [6.45, 7) is 6.66. The second kappa shape index (κ2) is 3.99. The minimum absolute atomic E-state index is 0.0639. The molecule has 0 amide bonds. The van der Waals surface area contributed by atoms with Gasteiger partial charge in [0.25, 0.3) is 0 Å². The van der Waals surface area contributed by atoms with Gasteiger partial charge in [-0.3, -0.25) is 0 Å². The highest BCUT2D eigenvalue weighted by atomic mass is 16.5. The number of rotatable bonds is 1. The predicted octanol–water partition coefficient (Wildman–Crippen LogP) is 4.02. The minimum atomic E-state index is -0.228. The molecule has 1 aliphatic heterocycles. The van der Waals surface area contributed by atoms with Crippen molar-refractivity contribution in [3.05, 3.63) is 35.8 Å². The average Bonchev–Trinajstić information content (AvgIpc) is 2.83. The Labute approximate surface area is 113 Å². The zero-order valence-electron chi connectivity index (χ0n) is 11.7. The normalized spacial score (nSPS) is 33.3. The van der Waals surface area contributed by atoms with Crippen LogP contribution in [0.3, 0.4) is 0 Å². The van der Waals surface area contributed by atoms with Crippen LogP contribution in [0.15, 0.2) is 34.7 Å². The van der Waals surface area contributed by atoms with Crippen molar-refractivity contribution in [3.8, 4) is 0 Å². The number of ether oxygens (including phenoxy) is 1. The van der Waals surface area contributed by atoms with Crippen molar-refractivity contribution in [1.82, 2.24) is 0 Å². The molecule has 3 nitrogen and oxygen atoms in total. The van der Waals surface area contributed by atoms with Crippen molar-refractivity contribution in [3.63, 3.8) is 0 Å². The molecule has 19 heavy (non-hydrogen) atoms. The molecule has 0 saturated heterocycles. The van der Waals surface area contributed by atoms with E-state index in [0.717, 1.165) is 24.8 Å². The summed E-state index contributed by atoms with van der Waals surface area (Å²) in [6.07, 6.45) is 8.15. The molecule has 1 saturated carbocycles. The topological polar surface area (TPSA) is 39.4 Å². The third-order valence-corrected chi connectivity index (χ3v) is 4.76. The first-order valence-electron chi connectivity index (χ1n) is 6.89. The molecule has 1 aromatic rings. The van der Waals surface area contributed by atoms with Gasteiger partial charge in [-0.25, -0.2) is 4.79 Å². The van der Waals surface area contributed by atoms with Crippen LogP contribution in [0, 0.1) is 10.8 Å². The third-order valence-electron chi connectivity index (χ3n) is 4.76. The number of cyclic esters (lactones) is 1. The molecule has 2 aliphatic rings. The number of carbonyl (C=O) groups excluding carboxylic acids is 1. The molecule has 0 unspecified atom stereocenters. The third kappa shape index (κ3) is 1.83. The highest BCUT2D eigenvalue weighted by molar-refractivity contribution is 5.85. The zero-order chi connectivity index (χ0) is 13.7. The summed E-state index contributed by atoms with van der Waals surface area (Å²) in [7, 11) is 0. The first kappa shape index (κ1) is 12.5. The van der Waals surface area contributed by atoms with Gasteiger partial charge in [-0.15, -0.1) is 0 Å².